The number of halogens is 2. The van der Waals surface area contributed by atoms with Crippen molar-refractivity contribution < 1.29 is 18.7 Å². The van der Waals surface area contributed by atoms with Gasteiger partial charge in [-0.05, 0) is 55.3 Å². The molecule has 11 heteroatoms. The predicted octanol–water partition coefficient (Wildman–Crippen LogP) is 7.09. The van der Waals surface area contributed by atoms with Gasteiger partial charge in [-0.25, -0.2) is 9.07 Å². The monoisotopic (exact) mass is 593 g/mol. The summed E-state index contributed by atoms with van der Waals surface area (Å²) < 4.78 is 27.6. The van der Waals surface area contributed by atoms with Crippen molar-refractivity contribution in [2.75, 3.05) is 23.5 Å². The molecule has 4 aromatic rings. The molecule has 0 aliphatic carbocycles. The molecule has 5 rings (SSSR count). The summed E-state index contributed by atoms with van der Waals surface area (Å²) >= 11 is 7.73. The maximum Gasteiger partial charge on any atom is 0.255 e. The number of carbonyl (C=O) groups excluding carboxylic acids is 1. The highest BCUT2D eigenvalue weighted by Gasteiger charge is 2.35. The van der Waals surface area contributed by atoms with E-state index in [0.717, 1.165) is 17.7 Å². The van der Waals surface area contributed by atoms with E-state index in [1.165, 1.54) is 13.2 Å². The van der Waals surface area contributed by atoms with Crippen LogP contribution in [0.4, 0.5) is 16.0 Å². The number of benzene rings is 3. The number of thioether (sulfide) groups is 1. The van der Waals surface area contributed by atoms with Gasteiger partial charge in [0.25, 0.3) is 5.91 Å². The fourth-order valence-corrected chi connectivity index (χ4v) is 5.40. The van der Waals surface area contributed by atoms with Crippen LogP contribution in [0.25, 0.3) is 0 Å². The second-order valence-corrected chi connectivity index (χ2v) is 10.8. The average Bonchev–Trinajstić information content (AvgIpc) is 3.37. The van der Waals surface area contributed by atoms with Gasteiger partial charge in [-0.15, -0.1) is 5.10 Å². The van der Waals surface area contributed by atoms with Crippen LogP contribution < -0.4 is 20.1 Å². The molecule has 0 saturated carbocycles. The summed E-state index contributed by atoms with van der Waals surface area (Å²) in [5.74, 6) is 1.50. The largest absolute Gasteiger partial charge is 0.493 e. The third-order valence-electron chi connectivity index (χ3n) is 6.48. The van der Waals surface area contributed by atoms with Gasteiger partial charge in [-0.1, -0.05) is 60.6 Å². The number of fused-ring (bicyclic) bond motifs is 1. The highest BCUT2D eigenvalue weighted by atomic mass is 35.5. The van der Waals surface area contributed by atoms with E-state index in [1.54, 1.807) is 40.7 Å². The number of anilines is 2. The molecular formula is C30H29ClFN5O3S. The molecule has 1 amide bonds. The molecule has 1 atom stereocenters. The minimum atomic E-state index is -0.609. The number of allylic oxidation sites excluding steroid dienone is 1. The van der Waals surface area contributed by atoms with Gasteiger partial charge in [0.05, 0.1) is 17.7 Å². The Labute approximate surface area is 246 Å². The van der Waals surface area contributed by atoms with Crippen LogP contribution >= 0.6 is 23.4 Å². The molecule has 0 saturated heterocycles. The van der Waals surface area contributed by atoms with Gasteiger partial charge in [0, 0.05) is 22.7 Å². The molecule has 212 valence electrons. The predicted molar refractivity (Wildman–Crippen MR) is 159 cm³/mol. The summed E-state index contributed by atoms with van der Waals surface area (Å²) in [6.45, 7) is 3.86. The quantitative estimate of drug-likeness (QED) is 0.190. The first-order valence-corrected chi connectivity index (χ1v) is 14.4. The number of aromatic nitrogens is 3. The van der Waals surface area contributed by atoms with Crippen molar-refractivity contribution in [3.8, 4) is 11.5 Å². The highest BCUT2D eigenvalue weighted by Crippen LogP contribution is 2.40. The van der Waals surface area contributed by atoms with Gasteiger partial charge in [-0.2, -0.15) is 4.98 Å². The summed E-state index contributed by atoms with van der Waals surface area (Å²) in [7, 11) is 1.52. The Kier molecular flexibility index (Phi) is 8.80. The number of methoxy groups -OCH3 is 1. The molecule has 2 N–H and O–H groups in total. The lowest BCUT2D eigenvalue weighted by molar-refractivity contribution is -0.113. The summed E-state index contributed by atoms with van der Waals surface area (Å²) in [4.78, 5) is 18.4. The number of hydrogen-bond donors (Lipinski definition) is 2. The van der Waals surface area contributed by atoms with Crippen molar-refractivity contribution in [2.45, 2.75) is 38.1 Å². The lowest BCUT2D eigenvalue weighted by atomic mass is 9.94. The van der Waals surface area contributed by atoms with Crippen LogP contribution in [0, 0.1) is 5.82 Å². The van der Waals surface area contributed by atoms with Crippen LogP contribution in [0.15, 0.2) is 83.2 Å². The standard InChI is InChI=1S/C30H29ClFN5O3S/c1-4-15-41-30-35-29-33-18(2)26(28(38)34-20-9-6-5-7-10-20)27(37(29)36-30)19-13-14-24(25(16-19)39-3)40-17-21-22(31)11-8-12-23(21)32/h5-14,16,27H,4,15,17H2,1-3H3,(H,34,38)(H,33,35,36). The Bertz CT molecular complexity index is 1570. The number of nitrogens with zero attached hydrogens (tertiary/aromatic N) is 3. The first-order valence-electron chi connectivity index (χ1n) is 13.1. The summed E-state index contributed by atoms with van der Waals surface area (Å²) in [6, 6.07) is 18.5. The second-order valence-electron chi connectivity index (χ2n) is 9.30. The minimum absolute atomic E-state index is 0.0798. The normalized spacial score (nSPS) is 14.3. The fraction of sp³-hybridized carbons (Fsp3) is 0.233. The first kappa shape index (κ1) is 28.5. The van der Waals surface area contributed by atoms with Crippen molar-refractivity contribution >= 4 is 40.9 Å². The number of rotatable bonds is 10. The van der Waals surface area contributed by atoms with Crippen LogP contribution in [0.2, 0.25) is 5.02 Å². The molecular weight excluding hydrogens is 565 g/mol. The zero-order valence-electron chi connectivity index (χ0n) is 22.8. The summed E-state index contributed by atoms with van der Waals surface area (Å²) in [6.07, 6.45) is 0.976. The molecule has 8 nitrogen and oxygen atoms in total. The Balaban J connectivity index is 1.52. The molecule has 0 fully saturated rings. The van der Waals surface area contributed by atoms with E-state index in [4.69, 9.17) is 26.2 Å². The third-order valence-corrected chi connectivity index (χ3v) is 7.88. The van der Waals surface area contributed by atoms with E-state index in [1.807, 2.05) is 43.3 Å². The van der Waals surface area contributed by atoms with Gasteiger partial charge in [-0.3, -0.25) is 4.79 Å². The van der Waals surface area contributed by atoms with Gasteiger partial charge in [0.1, 0.15) is 18.5 Å². The lowest BCUT2D eigenvalue weighted by Gasteiger charge is -2.29. The van der Waals surface area contributed by atoms with E-state index >= 15 is 0 Å². The highest BCUT2D eigenvalue weighted by molar-refractivity contribution is 7.99. The molecule has 41 heavy (non-hydrogen) atoms. The van der Waals surface area contributed by atoms with E-state index in [0.29, 0.717) is 39.6 Å². The molecule has 0 spiro atoms. The third kappa shape index (κ3) is 6.18. The first-order chi connectivity index (χ1) is 19.9. The van der Waals surface area contributed by atoms with Crippen molar-refractivity contribution in [1.82, 2.24) is 14.8 Å². The molecule has 1 unspecified atom stereocenters. The number of ether oxygens (including phenoxy) is 2. The average molecular weight is 594 g/mol. The maximum atomic E-state index is 14.3. The zero-order chi connectivity index (χ0) is 28.9. The van der Waals surface area contributed by atoms with Crippen LogP contribution in [0.1, 0.15) is 37.4 Å². The van der Waals surface area contributed by atoms with Crippen molar-refractivity contribution in [2.24, 2.45) is 0 Å². The van der Waals surface area contributed by atoms with Crippen LogP contribution in [-0.2, 0) is 11.4 Å². The maximum absolute atomic E-state index is 14.3. The minimum Gasteiger partial charge on any atom is -0.493 e. The van der Waals surface area contributed by atoms with Gasteiger partial charge in [0.2, 0.25) is 11.1 Å². The fourth-order valence-electron chi connectivity index (χ4n) is 4.50. The molecule has 1 aromatic heterocycles. The zero-order valence-corrected chi connectivity index (χ0v) is 24.4. The Morgan fingerprint density at radius 2 is 1.95 bits per heavy atom. The molecule has 3 aromatic carbocycles. The van der Waals surface area contributed by atoms with Crippen molar-refractivity contribution in [3.63, 3.8) is 0 Å². The second kappa shape index (κ2) is 12.7. The molecule has 2 heterocycles. The van der Waals surface area contributed by atoms with Crippen LogP contribution in [0.3, 0.4) is 0 Å². The molecule has 1 aliphatic rings. The van der Waals surface area contributed by atoms with E-state index in [2.05, 4.69) is 22.5 Å². The van der Waals surface area contributed by atoms with E-state index < -0.39 is 11.9 Å². The number of amides is 1. The molecule has 1 aliphatic heterocycles. The van der Waals surface area contributed by atoms with Crippen LogP contribution in [-0.4, -0.2) is 33.5 Å². The molecule has 0 radical (unpaired) electrons. The number of hydrogen-bond acceptors (Lipinski definition) is 7. The van der Waals surface area contributed by atoms with E-state index in [9.17, 15) is 9.18 Å². The Morgan fingerprint density at radius 1 is 1.15 bits per heavy atom. The van der Waals surface area contributed by atoms with E-state index in [-0.39, 0.29) is 23.1 Å². The Hall–Kier alpha value is -4.02. The number of nitrogens with one attached hydrogen (secondary N) is 2. The van der Waals surface area contributed by atoms with Gasteiger partial charge < -0.3 is 20.1 Å². The SMILES string of the molecule is CCCSc1nc2n(n1)C(c1ccc(OCc3c(F)cccc3Cl)c(OC)c1)C(C(=O)Nc1ccccc1)=C(C)N2. The molecule has 0 bridgehead atoms. The topological polar surface area (TPSA) is 90.3 Å². The van der Waals surface area contributed by atoms with Crippen LogP contribution in [0.5, 0.6) is 11.5 Å². The van der Waals surface area contributed by atoms with Gasteiger partial charge in [0.15, 0.2) is 11.5 Å². The lowest BCUT2D eigenvalue weighted by Crippen LogP contribution is -2.31. The number of para-hydroxylation sites is 1. The smallest absolute Gasteiger partial charge is 0.255 e. The van der Waals surface area contributed by atoms with Crippen molar-refractivity contribution in [1.29, 1.82) is 0 Å². The summed E-state index contributed by atoms with van der Waals surface area (Å²) in [5.41, 5.74) is 2.79. The number of carbonyl (C=O) groups is 1. The Morgan fingerprint density at radius 3 is 2.68 bits per heavy atom. The van der Waals surface area contributed by atoms with Gasteiger partial charge >= 0.3 is 0 Å². The summed E-state index contributed by atoms with van der Waals surface area (Å²) in [5, 5.41) is 11.9. The van der Waals surface area contributed by atoms with Crippen molar-refractivity contribution in [3.05, 3.63) is 100.0 Å².